The third-order valence-electron chi connectivity index (χ3n) is 3.99. The molecule has 1 aliphatic carbocycles. The highest BCUT2D eigenvalue weighted by Crippen LogP contribution is 2.31. The van der Waals surface area contributed by atoms with Crippen molar-refractivity contribution in [1.82, 2.24) is 10.6 Å². The van der Waals surface area contributed by atoms with Gasteiger partial charge in [-0.3, -0.25) is 5.32 Å². The fraction of sp³-hybridized carbons (Fsp3) is 0.250. The third kappa shape index (κ3) is 6.33. The van der Waals surface area contributed by atoms with Crippen LogP contribution in [0.3, 0.4) is 0 Å². The lowest BCUT2D eigenvalue weighted by molar-refractivity contribution is -0.137. The standard InChI is InChI=1S/C20H18F5N3OS/c1-19(12-21)10-4-3-5-14(22)11-16(19)27-17(29)28-18(30-2)26-15-8-6-13(7-9-15)20(23,24)25/h3-10H,12H2,1-2H3,(H2,26,27,28,29)/b5-3-,10-4-. The van der Waals surface area contributed by atoms with Crippen molar-refractivity contribution < 1.29 is 26.7 Å². The van der Waals surface area contributed by atoms with Gasteiger partial charge in [0.25, 0.3) is 0 Å². The maximum atomic E-state index is 13.8. The maximum Gasteiger partial charge on any atom is 0.416 e. The van der Waals surface area contributed by atoms with Gasteiger partial charge in [-0.15, -0.1) is 0 Å². The second kappa shape index (κ2) is 9.77. The van der Waals surface area contributed by atoms with Crippen LogP contribution in [-0.4, -0.2) is 24.1 Å². The summed E-state index contributed by atoms with van der Waals surface area (Å²) in [7, 11) is 0. The summed E-state index contributed by atoms with van der Waals surface area (Å²) in [6.45, 7) is 0.548. The van der Waals surface area contributed by atoms with Crippen LogP contribution in [0, 0.1) is 5.41 Å². The number of aliphatic imine (C=N–C) groups is 1. The van der Waals surface area contributed by atoms with E-state index in [1.807, 2.05) is 0 Å². The Kier molecular flexibility index (Phi) is 7.64. The van der Waals surface area contributed by atoms with Gasteiger partial charge in [0, 0.05) is 0 Å². The first kappa shape index (κ1) is 23.4. The zero-order valence-electron chi connectivity index (χ0n) is 16.0. The molecule has 0 saturated heterocycles. The maximum absolute atomic E-state index is 13.8. The van der Waals surface area contributed by atoms with Crippen LogP contribution in [0.2, 0.25) is 0 Å². The van der Waals surface area contributed by atoms with E-state index in [0.717, 1.165) is 42.1 Å². The van der Waals surface area contributed by atoms with Crippen molar-refractivity contribution >= 4 is 28.6 Å². The number of amides is 2. The first-order valence-electron chi connectivity index (χ1n) is 8.54. The Bertz CT molecular complexity index is 944. The monoisotopic (exact) mass is 443 g/mol. The second-order valence-corrected chi connectivity index (χ2v) is 7.16. The van der Waals surface area contributed by atoms with E-state index in [4.69, 9.17) is 0 Å². The van der Waals surface area contributed by atoms with Gasteiger partial charge in [0.2, 0.25) is 0 Å². The molecule has 1 aromatic rings. The Morgan fingerprint density at radius 2 is 1.90 bits per heavy atom. The molecule has 0 spiro atoms. The molecule has 0 aliphatic heterocycles. The molecule has 2 rings (SSSR count). The molecule has 0 fully saturated rings. The number of nitrogens with one attached hydrogen (secondary N) is 2. The number of hydrogen-bond acceptors (Lipinski definition) is 3. The molecule has 1 unspecified atom stereocenters. The van der Waals surface area contributed by atoms with E-state index in [-0.39, 0.29) is 16.6 Å². The summed E-state index contributed by atoms with van der Waals surface area (Å²) >= 11 is 1.03. The van der Waals surface area contributed by atoms with Crippen LogP contribution < -0.4 is 10.6 Å². The lowest BCUT2D eigenvalue weighted by Crippen LogP contribution is -2.41. The zero-order chi connectivity index (χ0) is 22.4. The molecule has 4 nitrogen and oxygen atoms in total. The summed E-state index contributed by atoms with van der Waals surface area (Å²) in [5.74, 6) is -0.794. The van der Waals surface area contributed by atoms with Crippen molar-refractivity contribution in [2.45, 2.75) is 13.1 Å². The van der Waals surface area contributed by atoms with Crippen LogP contribution in [0.25, 0.3) is 0 Å². The average molecular weight is 443 g/mol. The SMILES string of the molecule is CS/C(=N\c1ccc(C(F)(F)F)cc1)NC(=O)NC1=C=C(F)/C=C\C=C/C1(C)CF. The Morgan fingerprint density at radius 3 is 2.47 bits per heavy atom. The number of thioether (sulfide) groups is 1. The van der Waals surface area contributed by atoms with E-state index in [1.54, 1.807) is 6.26 Å². The number of urea groups is 1. The highest BCUT2D eigenvalue weighted by atomic mass is 32.2. The van der Waals surface area contributed by atoms with Gasteiger partial charge in [0.05, 0.1) is 22.4 Å². The summed E-state index contributed by atoms with van der Waals surface area (Å²) in [6.07, 6.45) is 2.53. The van der Waals surface area contributed by atoms with E-state index in [2.05, 4.69) is 21.4 Å². The van der Waals surface area contributed by atoms with E-state index < -0.39 is 35.7 Å². The smallest absolute Gasteiger partial charge is 0.303 e. The van der Waals surface area contributed by atoms with E-state index >= 15 is 0 Å². The minimum absolute atomic E-state index is 0.0699. The fourth-order valence-corrected chi connectivity index (χ4v) is 2.68. The van der Waals surface area contributed by atoms with Gasteiger partial charge >= 0.3 is 12.2 Å². The summed E-state index contributed by atoms with van der Waals surface area (Å²) in [5, 5.41) is 4.84. The molecule has 0 bridgehead atoms. The summed E-state index contributed by atoms with van der Waals surface area (Å²) in [5.41, 5.74) is 0.233. The van der Waals surface area contributed by atoms with Gasteiger partial charge in [0.15, 0.2) is 11.0 Å². The largest absolute Gasteiger partial charge is 0.416 e. The van der Waals surface area contributed by atoms with Gasteiger partial charge in [0.1, 0.15) is 6.67 Å². The number of hydrogen-bond donors (Lipinski definition) is 2. The number of carbonyl (C=O) groups is 1. The molecule has 0 heterocycles. The van der Waals surface area contributed by atoms with Crippen LogP contribution in [0.1, 0.15) is 12.5 Å². The molecule has 2 N–H and O–H groups in total. The van der Waals surface area contributed by atoms with E-state index in [0.29, 0.717) is 0 Å². The van der Waals surface area contributed by atoms with Crippen molar-refractivity contribution in [2.24, 2.45) is 10.4 Å². The molecule has 1 atom stereocenters. The first-order chi connectivity index (χ1) is 14.1. The van der Waals surface area contributed by atoms with E-state index in [1.165, 1.54) is 25.2 Å². The number of carbonyl (C=O) groups excluding carboxylic acids is 1. The normalized spacial score (nSPS) is 21.6. The van der Waals surface area contributed by atoms with Gasteiger partial charge in [-0.05, 0) is 43.5 Å². The second-order valence-electron chi connectivity index (χ2n) is 6.36. The van der Waals surface area contributed by atoms with Gasteiger partial charge < -0.3 is 5.32 Å². The van der Waals surface area contributed by atoms with Gasteiger partial charge in [-0.25, -0.2) is 14.2 Å². The molecule has 0 saturated carbocycles. The molecule has 30 heavy (non-hydrogen) atoms. The number of nitrogens with zero attached hydrogens (tertiary/aromatic N) is 1. The van der Waals surface area contributed by atoms with Crippen molar-refractivity contribution in [2.75, 3.05) is 12.9 Å². The number of halogens is 5. The van der Waals surface area contributed by atoms with Crippen LogP contribution in [-0.2, 0) is 6.18 Å². The van der Waals surface area contributed by atoms with Gasteiger partial charge in [-0.2, -0.15) is 17.6 Å². The minimum atomic E-state index is -4.47. The number of alkyl halides is 4. The summed E-state index contributed by atoms with van der Waals surface area (Å²) < 4.78 is 65.3. The highest BCUT2D eigenvalue weighted by Gasteiger charge is 2.30. The van der Waals surface area contributed by atoms with Crippen LogP contribution in [0.4, 0.5) is 32.4 Å². The Hall–Kier alpha value is -2.84. The Morgan fingerprint density at radius 1 is 1.23 bits per heavy atom. The summed E-state index contributed by atoms with van der Waals surface area (Å²) in [4.78, 5) is 16.4. The molecule has 160 valence electrons. The molecular weight excluding hydrogens is 425 g/mol. The molecule has 2 amide bonds. The predicted octanol–water partition coefficient (Wildman–Crippen LogP) is 5.79. The third-order valence-corrected chi connectivity index (χ3v) is 4.57. The van der Waals surface area contributed by atoms with Crippen molar-refractivity contribution in [3.63, 3.8) is 0 Å². The van der Waals surface area contributed by atoms with E-state index in [9.17, 15) is 26.7 Å². The molecule has 0 radical (unpaired) electrons. The Labute approximate surface area is 174 Å². The zero-order valence-corrected chi connectivity index (χ0v) is 16.8. The molecule has 1 aromatic carbocycles. The number of benzene rings is 1. The number of amidine groups is 1. The van der Waals surface area contributed by atoms with Gasteiger partial charge in [-0.1, -0.05) is 35.7 Å². The Balaban J connectivity index is 2.20. The quantitative estimate of drug-likeness (QED) is 0.269. The molecule has 1 aliphatic rings. The fourth-order valence-electron chi connectivity index (χ4n) is 2.29. The highest BCUT2D eigenvalue weighted by molar-refractivity contribution is 8.13. The first-order valence-corrected chi connectivity index (χ1v) is 9.76. The number of allylic oxidation sites excluding steroid dienone is 4. The van der Waals surface area contributed by atoms with Crippen LogP contribution in [0.15, 0.2) is 70.8 Å². The molecule has 10 heteroatoms. The lowest BCUT2D eigenvalue weighted by Gasteiger charge is -2.25. The average Bonchev–Trinajstić information content (AvgIpc) is 2.68. The van der Waals surface area contributed by atoms with Crippen LogP contribution >= 0.6 is 11.8 Å². The number of rotatable bonds is 3. The van der Waals surface area contributed by atoms with Crippen molar-refractivity contribution in [3.05, 3.63) is 71.4 Å². The summed E-state index contributed by atoms with van der Waals surface area (Å²) in [6, 6.07) is 3.23. The van der Waals surface area contributed by atoms with Crippen molar-refractivity contribution in [1.29, 1.82) is 0 Å². The lowest BCUT2D eigenvalue weighted by atomic mass is 9.87. The molecular formula is C20H18F5N3OS. The molecule has 0 aromatic heterocycles. The van der Waals surface area contributed by atoms with Crippen molar-refractivity contribution in [3.8, 4) is 0 Å². The topological polar surface area (TPSA) is 53.5 Å². The predicted molar refractivity (Wildman–Crippen MR) is 108 cm³/mol. The van der Waals surface area contributed by atoms with Crippen LogP contribution in [0.5, 0.6) is 0 Å². The minimum Gasteiger partial charge on any atom is -0.303 e.